The molecule has 13 heteroatoms. The molecule has 44 heavy (non-hydrogen) atoms. The summed E-state index contributed by atoms with van der Waals surface area (Å²) in [5, 5.41) is 18.7. The van der Waals surface area contributed by atoms with Crippen LogP contribution >= 0.6 is 0 Å². The number of hydrogen-bond acceptors (Lipinski definition) is 9. The van der Waals surface area contributed by atoms with Crippen LogP contribution in [0.2, 0.25) is 0 Å². The van der Waals surface area contributed by atoms with E-state index in [1.807, 2.05) is 13.0 Å². The third-order valence-electron chi connectivity index (χ3n) is 5.74. The average Bonchev–Trinajstić information content (AvgIpc) is 2.98. The number of carboxylic acids is 2. The number of carboxylic acid groups (broad SMARTS) is 2. The molecule has 0 aliphatic rings. The molecule has 8 N–H and O–H groups in total. The monoisotopic (exact) mass is 688 g/mol. The Balaban J connectivity index is 0. The molecule has 3 aromatic carbocycles. The standard InChI is InChI=1S/C28H29NO8.C2H7N.CH5N.H2N.Y/c1-18(30)20-6-4-19(5-7-20)15-29(16-26(31)32)28(24-13-12-23(35-2)14-25(24)36-3)21-8-10-22(11-9-21)37-17-27(33)34;1-2-3;1-2;;/h4-14,28H,15-17H2,1-3H3,(H,31,32)(H,33,34);2-3H2,1H3;2H2,1H3;1H2;/q;;;-1;. The summed E-state index contributed by atoms with van der Waals surface area (Å²) in [6, 6.07) is 18.6. The topological polar surface area (TPSA) is 208 Å². The van der Waals surface area contributed by atoms with E-state index in [0.717, 1.165) is 17.7 Å². The van der Waals surface area contributed by atoms with Gasteiger partial charge in [0.05, 0.1) is 26.8 Å². The van der Waals surface area contributed by atoms with E-state index in [1.54, 1.807) is 72.7 Å². The van der Waals surface area contributed by atoms with E-state index in [0.29, 0.717) is 28.4 Å². The maximum atomic E-state index is 12.0. The van der Waals surface area contributed by atoms with Gasteiger partial charge in [0.25, 0.3) is 0 Å². The number of Topliss-reactive ketones (excluding diaryl/α,β-unsaturated/α-hetero) is 1. The van der Waals surface area contributed by atoms with E-state index in [-0.39, 0.29) is 57.7 Å². The van der Waals surface area contributed by atoms with E-state index in [4.69, 9.17) is 25.1 Å². The smallest absolute Gasteiger partial charge is 0.341 e. The number of nitrogens with zero attached hydrogens (tertiary/aromatic N) is 1. The minimum absolute atomic E-state index is 0. The Morgan fingerprint density at radius 2 is 1.41 bits per heavy atom. The molecule has 0 aliphatic heterocycles. The molecule has 3 aromatic rings. The van der Waals surface area contributed by atoms with Crippen molar-refractivity contribution in [3.05, 3.63) is 95.1 Å². The van der Waals surface area contributed by atoms with E-state index in [2.05, 4.69) is 5.73 Å². The Morgan fingerprint density at radius 3 is 1.86 bits per heavy atom. The molecule has 0 heterocycles. The third-order valence-corrected chi connectivity index (χ3v) is 5.74. The first-order valence-electron chi connectivity index (χ1n) is 13.1. The second-order valence-electron chi connectivity index (χ2n) is 8.72. The molecule has 0 fully saturated rings. The normalized spacial score (nSPS) is 10.3. The van der Waals surface area contributed by atoms with Crippen LogP contribution in [-0.2, 0) is 48.8 Å². The van der Waals surface area contributed by atoms with Gasteiger partial charge in [-0.25, -0.2) is 4.79 Å². The number of benzene rings is 3. The molecule has 1 atom stereocenters. The fourth-order valence-corrected chi connectivity index (χ4v) is 4.01. The van der Waals surface area contributed by atoms with Crippen LogP contribution in [0.3, 0.4) is 0 Å². The molecule has 12 nitrogen and oxygen atoms in total. The number of ketones is 1. The fraction of sp³-hybridized carbons (Fsp3) is 0.323. The van der Waals surface area contributed by atoms with Crippen LogP contribution in [0, 0.1) is 0 Å². The van der Waals surface area contributed by atoms with Crippen molar-refractivity contribution in [2.24, 2.45) is 11.5 Å². The second kappa shape index (κ2) is 23.1. The molecule has 0 aromatic heterocycles. The Bertz CT molecular complexity index is 1270. The summed E-state index contributed by atoms with van der Waals surface area (Å²) in [4.78, 5) is 36.3. The molecular weight excluding hydrogens is 645 g/mol. The van der Waals surface area contributed by atoms with Gasteiger partial charge >= 0.3 is 11.9 Å². The van der Waals surface area contributed by atoms with Crippen molar-refractivity contribution in [3.8, 4) is 17.2 Å². The number of carbonyl (C=O) groups is 3. The van der Waals surface area contributed by atoms with Gasteiger partial charge < -0.3 is 42.0 Å². The van der Waals surface area contributed by atoms with Gasteiger partial charge in [-0.05, 0) is 55.9 Å². The Kier molecular flexibility index (Phi) is 22.4. The summed E-state index contributed by atoms with van der Waals surface area (Å²) in [6.45, 7) is 3.64. The summed E-state index contributed by atoms with van der Waals surface area (Å²) in [6.07, 6.45) is 0. The maximum Gasteiger partial charge on any atom is 0.341 e. The molecule has 0 spiro atoms. The van der Waals surface area contributed by atoms with Crippen LogP contribution in [-0.4, -0.2) is 73.8 Å². The number of rotatable bonds is 13. The van der Waals surface area contributed by atoms with Crippen molar-refractivity contribution in [3.63, 3.8) is 0 Å². The van der Waals surface area contributed by atoms with Gasteiger partial charge in [0.2, 0.25) is 0 Å². The van der Waals surface area contributed by atoms with Crippen molar-refractivity contribution in [2.45, 2.75) is 26.4 Å². The number of aliphatic carboxylic acids is 2. The van der Waals surface area contributed by atoms with Gasteiger partial charge in [-0.2, -0.15) is 0 Å². The molecule has 0 bridgehead atoms. The van der Waals surface area contributed by atoms with Gasteiger partial charge in [0.1, 0.15) is 17.2 Å². The number of carbonyl (C=O) groups excluding carboxylic acids is 1. The quantitative estimate of drug-likeness (QED) is 0.186. The second-order valence-corrected chi connectivity index (χ2v) is 8.72. The zero-order chi connectivity index (χ0) is 31.7. The van der Waals surface area contributed by atoms with Gasteiger partial charge in [-0.3, -0.25) is 14.5 Å². The first-order chi connectivity index (χ1) is 20.1. The van der Waals surface area contributed by atoms with Gasteiger partial charge in [-0.1, -0.05) is 43.3 Å². The summed E-state index contributed by atoms with van der Waals surface area (Å²) in [5.41, 5.74) is 12.2. The van der Waals surface area contributed by atoms with E-state index >= 15 is 0 Å². The molecule has 0 saturated heterocycles. The predicted octanol–water partition coefficient (Wildman–Crippen LogP) is 4.30. The minimum Gasteiger partial charge on any atom is -0.693 e. The predicted molar refractivity (Wildman–Crippen MR) is 166 cm³/mol. The van der Waals surface area contributed by atoms with Gasteiger partial charge in [-0.15, -0.1) is 0 Å². The van der Waals surface area contributed by atoms with E-state index in [9.17, 15) is 19.5 Å². The number of methoxy groups -OCH3 is 2. The van der Waals surface area contributed by atoms with E-state index < -0.39 is 24.6 Å². The van der Waals surface area contributed by atoms with Gasteiger partial charge in [0, 0.05) is 56.4 Å². The largest absolute Gasteiger partial charge is 0.693 e. The van der Waals surface area contributed by atoms with Crippen LogP contribution < -0.4 is 25.7 Å². The summed E-state index contributed by atoms with van der Waals surface area (Å²) in [5.74, 6) is -0.692. The third kappa shape index (κ3) is 13.9. The Morgan fingerprint density at radius 1 is 0.864 bits per heavy atom. The maximum absolute atomic E-state index is 12.0. The van der Waals surface area contributed by atoms with Crippen molar-refractivity contribution in [1.82, 2.24) is 4.90 Å². The van der Waals surface area contributed by atoms with Crippen molar-refractivity contribution < 1.29 is 71.5 Å². The SMILES string of the molecule is CCN.CN.COc1ccc(C(c2ccc(OCC(=O)O)cc2)N(CC(=O)O)Cc2ccc(C(C)=O)cc2)c(OC)c1.[NH2-].[Y]. The molecule has 0 amide bonds. The molecule has 239 valence electrons. The average molecular weight is 689 g/mol. The number of ether oxygens (including phenoxy) is 3. The van der Waals surface area contributed by atoms with Crippen LogP contribution in [0.15, 0.2) is 66.7 Å². The molecule has 1 unspecified atom stereocenters. The van der Waals surface area contributed by atoms with Crippen molar-refractivity contribution in [1.29, 1.82) is 0 Å². The van der Waals surface area contributed by atoms with Crippen LogP contribution in [0.1, 0.15) is 46.9 Å². The Labute approximate surface area is 284 Å². The van der Waals surface area contributed by atoms with Crippen molar-refractivity contribution >= 4 is 17.7 Å². The summed E-state index contributed by atoms with van der Waals surface area (Å²) < 4.78 is 16.2. The van der Waals surface area contributed by atoms with Gasteiger partial charge in [0.15, 0.2) is 12.4 Å². The molecule has 0 saturated carbocycles. The number of nitrogens with two attached hydrogens (primary N) is 3. The fourth-order valence-electron chi connectivity index (χ4n) is 4.01. The molecular formula is C31H43N4O8Y-. The zero-order valence-corrected chi connectivity index (χ0v) is 28.7. The first-order valence-corrected chi connectivity index (χ1v) is 13.1. The summed E-state index contributed by atoms with van der Waals surface area (Å²) >= 11 is 0. The molecule has 1 radical (unpaired) electrons. The molecule has 3 rings (SSSR count). The number of hydrogen-bond donors (Lipinski definition) is 4. The minimum atomic E-state index is -1.09. The van der Waals surface area contributed by atoms with Crippen LogP contribution in [0.25, 0.3) is 6.15 Å². The van der Waals surface area contributed by atoms with Crippen LogP contribution in [0.4, 0.5) is 0 Å². The molecule has 0 aliphatic carbocycles. The zero-order valence-electron chi connectivity index (χ0n) is 25.9. The Hall–Kier alpha value is -3.39. The van der Waals surface area contributed by atoms with E-state index in [1.165, 1.54) is 21.1 Å². The summed E-state index contributed by atoms with van der Waals surface area (Å²) in [7, 11) is 4.57. The first kappa shape index (κ1) is 42.7. The van der Waals surface area contributed by atoms with Crippen molar-refractivity contribution in [2.75, 3.05) is 41.0 Å². The van der Waals surface area contributed by atoms with Crippen LogP contribution in [0.5, 0.6) is 17.2 Å².